The molecule has 0 bridgehead atoms. The molecule has 0 saturated carbocycles. The summed E-state index contributed by atoms with van der Waals surface area (Å²) >= 11 is 8.97. The van der Waals surface area contributed by atoms with Crippen molar-refractivity contribution in [2.45, 2.75) is 10.6 Å². The number of hydrogen-bond donors (Lipinski definition) is 1. The third-order valence-corrected chi connectivity index (χ3v) is 4.67. The Labute approximate surface area is 126 Å². The van der Waals surface area contributed by atoms with Crippen molar-refractivity contribution >= 4 is 44.0 Å². The highest BCUT2D eigenvalue weighted by Gasteiger charge is 2.12. The van der Waals surface area contributed by atoms with Gasteiger partial charge in [-0.25, -0.2) is 4.39 Å². The van der Waals surface area contributed by atoms with Gasteiger partial charge in [0.05, 0.1) is 21.4 Å². The largest absolute Gasteiger partial charge is 0.398 e. The number of nitrogen functional groups attached to an aromatic ring is 1. The number of rotatable bonds is 3. The van der Waals surface area contributed by atoms with Gasteiger partial charge in [0.15, 0.2) is 0 Å². The predicted molar refractivity (Wildman–Crippen MR) is 80.1 cm³/mol. The molecule has 0 saturated heterocycles. The molecular formula is C13H10BrClFNOS. The Morgan fingerprint density at radius 1 is 1.26 bits per heavy atom. The second-order valence-corrected chi connectivity index (χ2v) is 6.68. The van der Waals surface area contributed by atoms with Crippen molar-refractivity contribution in [3.8, 4) is 0 Å². The summed E-state index contributed by atoms with van der Waals surface area (Å²) in [4.78, 5) is 0.490. The molecule has 1 atom stereocenters. The van der Waals surface area contributed by atoms with Crippen LogP contribution in [0.3, 0.4) is 0 Å². The smallest absolute Gasteiger partial charge is 0.128 e. The molecule has 0 amide bonds. The van der Waals surface area contributed by atoms with Gasteiger partial charge in [-0.1, -0.05) is 33.6 Å². The van der Waals surface area contributed by atoms with Crippen LogP contribution in [0.2, 0.25) is 5.02 Å². The van der Waals surface area contributed by atoms with Gasteiger partial charge in [0.1, 0.15) is 5.82 Å². The van der Waals surface area contributed by atoms with Crippen LogP contribution >= 0.6 is 27.5 Å². The summed E-state index contributed by atoms with van der Waals surface area (Å²) in [7, 11) is -1.41. The molecule has 2 aromatic carbocycles. The zero-order valence-corrected chi connectivity index (χ0v) is 12.9. The van der Waals surface area contributed by atoms with Crippen LogP contribution in [0.5, 0.6) is 0 Å². The Kier molecular flexibility index (Phi) is 4.60. The molecule has 0 aliphatic heterocycles. The van der Waals surface area contributed by atoms with Gasteiger partial charge in [-0.2, -0.15) is 0 Å². The summed E-state index contributed by atoms with van der Waals surface area (Å²) in [6.45, 7) is 0. The van der Waals surface area contributed by atoms with Crippen LogP contribution in [0.1, 0.15) is 5.56 Å². The summed E-state index contributed by atoms with van der Waals surface area (Å²) in [5.74, 6) is -0.404. The van der Waals surface area contributed by atoms with Gasteiger partial charge in [0, 0.05) is 20.7 Å². The van der Waals surface area contributed by atoms with E-state index in [4.69, 9.17) is 17.3 Å². The minimum atomic E-state index is -1.41. The molecule has 0 aliphatic rings. The first-order valence-electron chi connectivity index (χ1n) is 5.34. The standard InChI is InChI=1S/C13H10BrClFNOS/c14-9-2-4-12(17)13(5-9)19(18)7-8-1-3-10(15)6-11(8)16/h1-6H,7,17H2. The second kappa shape index (κ2) is 6.03. The Hall–Kier alpha value is -0.910. The van der Waals surface area contributed by atoms with Crippen LogP contribution in [-0.4, -0.2) is 4.21 Å². The van der Waals surface area contributed by atoms with Gasteiger partial charge in [0.2, 0.25) is 0 Å². The molecule has 6 heteroatoms. The highest BCUT2D eigenvalue weighted by atomic mass is 79.9. The second-order valence-electron chi connectivity index (χ2n) is 3.91. The van der Waals surface area contributed by atoms with Gasteiger partial charge in [-0.3, -0.25) is 4.21 Å². The average molecular weight is 363 g/mol. The van der Waals surface area contributed by atoms with Crippen molar-refractivity contribution in [3.63, 3.8) is 0 Å². The number of hydrogen-bond acceptors (Lipinski definition) is 2. The fraction of sp³-hybridized carbons (Fsp3) is 0.0769. The van der Waals surface area contributed by atoms with Crippen LogP contribution in [0, 0.1) is 5.82 Å². The van der Waals surface area contributed by atoms with Gasteiger partial charge >= 0.3 is 0 Å². The third-order valence-electron chi connectivity index (χ3n) is 2.52. The minimum absolute atomic E-state index is 0.0592. The molecule has 0 heterocycles. The highest BCUT2D eigenvalue weighted by molar-refractivity contribution is 9.10. The number of benzene rings is 2. The fourth-order valence-electron chi connectivity index (χ4n) is 1.56. The SMILES string of the molecule is Nc1ccc(Br)cc1S(=O)Cc1ccc(Cl)cc1F. The van der Waals surface area contributed by atoms with E-state index in [-0.39, 0.29) is 5.75 Å². The molecular weight excluding hydrogens is 353 g/mol. The van der Waals surface area contributed by atoms with Crippen LogP contribution in [0.25, 0.3) is 0 Å². The topological polar surface area (TPSA) is 43.1 Å². The summed E-state index contributed by atoms with van der Waals surface area (Å²) in [5.41, 5.74) is 6.55. The molecule has 19 heavy (non-hydrogen) atoms. The maximum Gasteiger partial charge on any atom is 0.128 e. The van der Waals surface area contributed by atoms with Crippen molar-refractivity contribution < 1.29 is 8.60 Å². The number of anilines is 1. The van der Waals surface area contributed by atoms with E-state index in [1.807, 2.05) is 0 Å². The lowest BCUT2D eigenvalue weighted by Crippen LogP contribution is -2.02. The Bertz CT molecular complexity index is 651. The summed E-state index contributed by atoms with van der Waals surface area (Å²) in [6, 6.07) is 9.41. The maximum absolute atomic E-state index is 13.6. The van der Waals surface area contributed by atoms with Crippen LogP contribution in [0.4, 0.5) is 10.1 Å². The first-order valence-corrected chi connectivity index (χ1v) is 7.83. The van der Waals surface area contributed by atoms with Crippen molar-refractivity contribution in [2.75, 3.05) is 5.73 Å². The van der Waals surface area contributed by atoms with E-state index in [1.165, 1.54) is 12.1 Å². The molecule has 0 radical (unpaired) electrons. The molecule has 0 aliphatic carbocycles. The molecule has 2 N–H and O–H groups in total. The zero-order chi connectivity index (χ0) is 14.0. The predicted octanol–water partition coefficient (Wildman–Crippen LogP) is 4.13. The van der Waals surface area contributed by atoms with Gasteiger partial charge in [-0.15, -0.1) is 0 Å². The molecule has 2 rings (SSSR count). The first kappa shape index (κ1) is 14.5. The third kappa shape index (κ3) is 3.55. The lowest BCUT2D eigenvalue weighted by atomic mass is 10.2. The fourth-order valence-corrected chi connectivity index (χ4v) is 3.50. The monoisotopic (exact) mass is 361 g/mol. The minimum Gasteiger partial charge on any atom is -0.398 e. The van der Waals surface area contributed by atoms with Crippen molar-refractivity contribution in [1.29, 1.82) is 0 Å². The zero-order valence-electron chi connectivity index (χ0n) is 9.70. The van der Waals surface area contributed by atoms with E-state index in [0.29, 0.717) is 21.2 Å². The maximum atomic E-state index is 13.6. The van der Waals surface area contributed by atoms with Crippen LogP contribution < -0.4 is 5.73 Å². The Morgan fingerprint density at radius 3 is 2.68 bits per heavy atom. The molecule has 0 spiro atoms. The highest BCUT2D eigenvalue weighted by Crippen LogP contribution is 2.24. The van der Waals surface area contributed by atoms with Gasteiger partial charge in [0.25, 0.3) is 0 Å². The Balaban J connectivity index is 2.28. The summed E-state index contributed by atoms with van der Waals surface area (Å²) in [5, 5.41) is 0.314. The van der Waals surface area contributed by atoms with E-state index in [2.05, 4.69) is 15.9 Å². The molecule has 2 aromatic rings. The van der Waals surface area contributed by atoms with E-state index in [9.17, 15) is 8.60 Å². The summed E-state index contributed by atoms with van der Waals surface area (Å²) in [6.07, 6.45) is 0. The van der Waals surface area contributed by atoms with Crippen molar-refractivity contribution in [2.24, 2.45) is 0 Å². The molecule has 100 valence electrons. The van der Waals surface area contributed by atoms with Crippen LogP contribution in [-0.2, 0) is 16.6 Å². The first-order chi connectivity index (χ1) is 8.97. The molecule has 1 unspecified atom stereocenters. The quantitative estimate of drug-likeness (QED) is 0.834. The van der Waals surface area contributed by atoms with E-state index >= 15 is 0 Å². The Morgan fingerprint density at radius 2 is 2.00 bits per heavy atom. The van der Waals surface area contributed by atoms with Crippen LogP contribution in [0.15, 0.2) is 45.8 Å². The average Bonchev–Trinajstić information content (AvgIpc) is 2.35. The lowest BCUT2D eigenvalue weighted by Gasteiger charge is -2.07. The normalized spacial score (nSPS) is 12.4. The van der Waals surface area contributed by atoms with Crippen molar-refractivity contribution in [1.82, 2.24) is 0 Å². The molecule has 2 nitrogen and oxygen atoms in total. The van der Waals surface area contributed by atoms with E-state index < -0.39 is 16.6 Å². The number of halogens is 3. The van der Waals surface area contributed by atoms with Gasteiger partial charge in [-0.05, 0) is 30.3 Å². The number of nitrogens with two attached hydrogens (primary N) is 1. The summed E-state index contributed by atoms with van der Waals surface area (Å²) < 4.78 is 26.7. The lowest BCUT2D eigenvalue weighted by molar-refractivity contribution is 0.615. The van der Waals surface area contributed by atoms with E-state index in [0.717, 1.165) is 4.47 Å². The van der Waals surface area contributed by atoms with E-state index in [1.54, 1.807) is 24.3 Å². The van der Waals surface area contributed by atoms with Gasteiger partial charge < -0.3 is 5.73 Å². The molecule has 0 aromatic heterocycles. The molecule has 0 fully saturated rings. The van der Waals surface area contributed by atoms with Crippen molar-refractivity contribution in [3.05, 3.63) is 57.3 Å².